The highest BCUT2D eigenvalue weighted by atomic mass is 79.9. The van der Waals surface area contributed by atoms with E-state index in [1.807, 2.05) is 4.98 Å². The number of rotatable bonds is 2. The van der Waals surface area contributed by atoms with Crippen molar-refractivity contribution in [2.45, 2.75) is 11.1 Å². The Bertz CT molecular complexity index is 755. The molecule has 0 amide bonds. The molecular weight excluding hydrogens is 363 g/mol. The highest BCUT2D eigenvalue weighted by Crippen LogP contribution is 2.35. The highest BCUT2D eigenvalue weighted by Gasteiger charge is 2.37. The molecule has 0 aliphatic heterocycles. The second-order valence-corrected chi connectivity index (χ2v) is 6.61. The summed E-state index contributed by atoms with van der Waals surface area (Å²) in [6.45, 7) is 0. The fourth-order valence-corrected chi connectivity index (χ4v) is 2.85. The maximum absolute atomic E-state index is 12.7. The number of aromatic amines is 1. The number of sulfone groups is 1. The van der Waals surface area contributed by atoms with E-state index in [0.29, 0.717) is 0 Å². The van der Waals surface area contributed by atoms with Gasteiger partial charge in [0.2, 0.25) is 0 Å². The third-order valence-corrected chi connectivity index (χ3v) is 4.04. The second-order valence-electron chi connectivity index (χ2n) is 3.87. The minimum Gasteiger partial charge on any atom is -0.332 e. The number of alkyl halides is 3. The van der Waals surface area contributed by atoms with Gasteiger partial charge in [-0.1, -0.05) is 0 Å². The van der Waals surface area contributed by atoms with Crippen LogP contribution in [0.5, 0.6) is 0 Å². The summed E-state index contributed by atoms with van der Waals surface area (Å²) in [6.07, 6.45) is -2.42. The van der Waals surface area contributed by atoms with Gasteiger partial charge in [-0.25, -0.2) is 13.4 Å². The number of nitrogens with zero attached hydrogens (tertiary/aromatic N) is 2. The van der Waals surface area contributed by atoms with E-state index in [9.17, 15) is 21.6 Å². The van der Waals surface area contributed by atoms with Gasteiger partial charge in [0.25, 0.3) is 0 Å². The van der Waals surface area contributed by atoms with Gasteiger partial charge >= 0.3 is 6.18 Å². The normalized spacial score (nSPS) is 12.7. The zero-order valence-corrected chi connectivity index (χ0v) is 12.3. The number of pyridine rings is 1. The van der Waals surface area contributed by atoms with Gasteiger partial charge in [-0.15, -0.1) is 0 Å². The van der Waals surface area contributed by atoms with Crippen LogP contribution in [0.1, 0.15) is 5.69 Å². The molecule has 0 atom stereocenters. The first kappa shape index (κ1) is 15.0. The third-order valence-electron chi connectivity index (χ3n) is 2.34. The number of imidazole rings is 1. The van der Waals surface area contributed by atoms with Crippen LogP contribution in [-0.2, 0) is 16.0 Å². The third kappa shape index (κ3) is 2.85. The van der Waals surface area contributed by atoms with Crippen molar-refractivity contribution in [3.05, 3.63) is 28.6 Å². The number of hydrogen-bond acceptors (Lipinski definition) is 4. The molecule has 0 aromatic carbocycles. The smallest absolute Gasteiger partial charge is 0.332 e. The van der Waals surface area contributed by atoms with E-state index in [-0.39, 0.29) is 16.4 Å². The summed E-state index contributed by atoms with van der Waals surface area (Å²) in [5, 5.41) is 0. The van der Waals surface area contributed by atoms with Gasteiger partial charge in [0.1, 0.15) is 10.3 Å². The molecule has 2 aromatic rings. The Morgan fingerprint density at radius 3 is 2.50 bits per heavy atom. The lowest BCUT2D eigenvalue weighted by atomic mass is 10.3. The Hall–Kier alpha value is -1.42. The molecule has 0 spiro atoms. The standard InChI is InChI=1S/C10H7BrF3N3O2S/c1-20(18,19)5-3-2-4-15-6(5)9-16-7(8(11)17-9)10(12,13)14/h2-4H,1H3,(H,16,17). The monoisotopic (exact) mass is 369 g/mol. The van der Waals surface area contributed by atoms with Crippen LogP contribution in [0, 0.1) is 0 Å². The van der Waals surface area contributed by atoms with E-state index >= 15 is 0 Å². The average molecular weight is 370 g/mol. The minimum absolute atomic E-state index is 0.161. The highest BCUT2D eigenvalue weighted by molar-refractivity contribution is 9.10. The maximum Gasteiger partial charge on any atom is 0.433 e. The largest absolute Gasteiger partial charge is 0.433 e. The van der Waals surface area contributed by atoms with Crippen molar-refractivity contribution in [1.82, 2.24) is 15.0 Å². The summed E-state index contributed by atoms with van der Waals surface area (Å²) in [7, 11) is -3.64. The van der Waals surface area contributed by atoms with Gasteiger partial charge in [0.15, 0.2) is 21.4 Å². The number of halogens is 4. The molecule has 2 heterocycles. The lowest BCUT2D eigenvalue weighted by Crippen LogP contribution is -2.06. The van der Waals surface area contributed by atoms with Gasteiger partial charge in [-0.05, 0) is 28.1 Å². The van der Waals surface area contributed by atoms with Crippen molar-refractivity contribution < 1.29 is 21.6 Å². The van der Waals surface area contributed by atoms with E-state index in [2.05, 4.69) is 25.9 Å². The molecule has 0 saturated carbocycles. The molecule has 0 fully saturated rings. The Kier molecular flexibility index (Phi) is 3.63. The topological polar surface area (TPSA) is 75.7 Å². The molecule has 108 valence electrons. The van der Waals surface area contributed by atoms with Gasteiger partial charge < -0.3 is 4.98 Å². The van der Waals surface area contributed by atoms with E-state index in [4.69, 9.17) is 0 Å². The number of hydrogen-bond donors (Lipinski definition) is 1. The minimum atomic E-state index is -4.63. The van der Waals surface area contributed by atoms with E-state index in [0.717, 1.165) is 6.26 Å². The van der Waals surface area contributed by atoms with Crippen LogP contribution in [0.25, 0.3) is 11.5 Å². The van der Waals surface area contributed by atoms with Crippen LogP contribution in [0.3, 0.4) is 0 Å². The molecule has 0 saturated heterocycles. The quantitative estimate of drug-likeness (QED) is 0.882. The lowest BCUT2D eigenvalue weighted by molar-refractivity contribution is -0.141. The number of H-pyrrole nitrogens is 1. The average Bonchev–Trinajstić information content (AvgIpc) is 2.70. The second kappa shape index (κ2) is 4.85. The number of nitrogens with one attached hydrogen (secondary N) is 1. The molecule has 0 aliphatic carbocycles. The van der Waals surface area contributed by atoms with Gasteiger partial charge in [0.05, 0.1) is 4.90 Å². The van der Waals surface area contributed by atoms with Crippen LogP contribution in [0.4, 0.5) is 13.2 Å². The fraction of sp³-hybridized carbons (Fsp3) is 0.200. The Morgan fingerprint density at radius 2 is 2.00 bits per heavy atom. The van der Waals surface area contributed by atoms with E-state index in [1.54, 1.807) is 0 Å². The Balaban J connectivity index is 2.66. The lowest BCUT2D eigenvalue weighted by Gasteiger charge is -2.04. The fourth-order valence-electron chi connectivity index (χ4n) is 1.52. The number of aromatic nitrogens is 3. The zero-order chi connectivity index (χ0) is 15.1. The van der Waals surface area contributed by atoms with Crippen molar-refractivity contribution >= 4 is 25.8 Å². The molecule has 0 unspecified atom stereocenters. The molecule has 2 aromatic heterocycles. The summed E-state index contributed by atoms with van der Waals surface area (Å²) in [6, 6.07) is 2.63. The summed E-state index contributed by atoms with van der Waals surface area (Å²) in [5.41, 5.74) is -1.26. The first-order valence-electron chi connectivity index (χ1n) is 5.09. The summed E-state index contributed by atoms with van der Waals surface area (Å²) < 4.78 is 60.8. The van der Waals surface area contributed by atoms with Crippen LogP contribution < -0.4 is 0 Å². The molecule has 2 rings (SSSR count). The van der Waals surface area contributed by atoms with Crippen LogP contribution in [0.15, 0.2) is 27.8 Å². The van der Waals surface area contributed by atoms with Gasteiger partial charge in [0, 0.05) is 12.5 Å². The molecule has 10 heteroatoms. The van der Waals surface area contributed by atoms with E-state index in [1.165, 1.54) is 18.3 Å². The molecule has 5 nitrogen and oxygen atoms in total. The Labute approximate surface area is 120 Å². The predicted octanol–water partition coefficient (Wildman–Crippen LogP) is 2.66. The van der Waals surface area contributed by atoms with Crippen LogP contribution in [0.2, 0.25) is 0 Å². The summed E-state index contributed by atoms with van der Waals surface area (Å²) in [5.74, 6) is -0.273. The zero-order valence-electron chi connectivity index (χ0n) is 9.86. The Morgan fingerprint density at radius 1 is 1.35 bits per heavy atom. The van der Waals surface area contributed by atoms with Gasteiger partial charge in [-0.3, -0.25) is 4.98 Å². The molecule has 1 N–H and O–H groups in total. The van der Waals surface area contributed by atoms with E-state index < -0.39 is 26.3 Å². The van der Waals surface area contributed by atoms with Crippen molar-refractivity contribution in [3.63, 3.8) is 0 Å². The first-order valence-corrected chi connectivity index (χ1v) is 7.77. The van der Waals surface area contributed by atoms with Crippen molar-refractivity contribution in [3.8, 4) is 11.5 Å². The van der Waals surface area contributed by atoms with Crippen LogP contribution >= 0.6 is 15.9 Å². The summed E-state index contributed by atoms with van der Waals surface area (Å²) >= 11 is 2.69. The SMILES string of the molecule is CS(=O)(=O)c1cccnc1-c1nc(Br)c(C(F)(F)F)[nH]1. The van der Waals surface area contributed by atoms with Crippen molar-refractivity contribution in [2.75, 3.05) is 6.26 Å². The van der Waals surface area contributed by atoms with Crippen LogP contribution in [-0.4, -0.2) is 29.6 Å². The van der Waals surface area contributed by atoms with Crippen molar-refractivity contribution in [1.29, 1.82) is 0 Å². The predicted molar refractivity (Wildman–Crippen MR) is 67.6 cm³/mol. The maximum atomic E-state index is 12.7. The molecule has 20 heavy (non-hydrogen) atoms. The molecule has 0 radical (unpaired) electrons. The molecule has 0 aliphatic rings. The molecular formula is C10H7BrF3N3O2S. The molecule has 0 bridgehead atoms. The van der Waals surface area contributed by atoms with Crippen molar-refractivity contribution in [2.24, 2.45) is 0 Å². The first-order chi connectivity index (χ1) is 9.10. The van der Waals surface area contributed by atoms with Gasteiger partial charge in [-0.2, -0.15) is 13.2 Å². The summed E-state index contributed by atoms with van der Waals surface area (Å²) in [4.78, 5) is 9.27.